The zero-order chi connectivity index (χ0) is 13.8. The van der Waals surface area contributed by atoms with Crippen molar-refractivity contribution >= 4 is 17.5 Å². The van der Waals surface area contributed by atoms with Crippen molar-refractivity contribution in [1.82, 2.24) is 10.2 Å². The van der Waals surface area contributed by atoms with Crippen LogP contribution in [0, 0.1) is 5.92 Å². The summed E-state index contributed by atoms with van der Waals surface area (Å²) in [7, 11) is 3.35. The van der Waals surface area contributed by atoms with Gasteiger partial charge in [-0.25, -0.2) is 0 Å². The lowest BCUT2D eigenvalue weighted by molar-refractivity contribution is -0.132. The molecule has 0 aromatic heterocycles. The van der Waals surface area contributed by atoms with E-state index >= 15 is 0 Å². The van der Waals surface area contributed by atoms with E-state index < -0.39 is 0 Å². The van der Waals surface area contributed by atoms with E-state index in [0.717, 1.165) is 11.3 Å². The average Bonchev–Trinajstić information content (AvgIpc) is 2.43. The summed E-state index contributed by atoms with van der Waals surface area (Å²) in [6.45, 7) is 0.670. The van der Waals surface area contributed by atoms with Crippen LogP contribution in [0.3, 0.4) is 0 Å². The molecule has 1 aliphatic rings. The van der Waals surface area contributed by atoms with Crippen LogP contribution in [0.4, 0.5) is 5.69 Å². The summed E-state index contributed by atoms with van der Waals surface area (Å²) in [4.78, 5) is 24.9. The quantitative estimate of drug-likeness (QED) is 0.831. The molecule has 1 unspecified atom stereocenters. The number of anilines is 1. The van der Waals surface area contributed by atoms with Crippen LogP contribution in [0.1, 0.15) is 5.56 Å². The fourth-order valence-corrected chi connectivity index (χ4v) is 2.09. The number of fused-ring (bicyclic) bond motifs is 1. The first-order chi connectivity index (χ1) is 9.08. The van der Waals surface area contributed by atoms with Gasteiger partial charge in [0.05, 0.1) is 12.5 Å². The second kappa shape index (κ2) is 5.73. The van der Waals surface area contributed by atoms with Gasteiger partial charge >= 0.3 is 0 Å². The summed E-state index contributed by atoms with van der Waals surface area (Å²) >= 11 is 0. The highest BCUT2D eigenvalue weighted by Gasteiger charge is 2.24. The first kappa shape index (κ1) is 13.4. The molecule has 0 radical (unpaired) electrons. The van der Waals surface area contributed by atoms with E-state index in [9.17, 15) is 9.59 Å². The number of likely N-dealkylation sites (N-methyl/N-ethyl adjacent to an activating group) is 1. The highest BCUT2D eigenvalue weighted by molar-refractivity contribution is 5.86. The van der Waals surface area contributed by atoms with Gasteiger partial charge in [-0.3, -0.25) is 9.59 Å². The van der Waals surface area contributed by atoms with E-state index in [1.807, 2.05) is 24.3 Å². The zero-order valence-corrected chi connectivity index (χ0v) is 11.3. The number of para-hydroxylation sites is 1. The van der Waals surface area contributed by atoms with Crippen molar-refractivity contribution in [2.75, 3.05) is 32.5 Å². The molecule has 0 fully saturated rings. The number of carbonyl (C=O) groups is 2. The molecule has 2 rings (SSSR count). The van der Waals surface area contributed by atoms with Crippen molar-refractivity contribution in [3.05, 3.63) is 29.8 Å². The fourth-order valence-electron chi connectivity index (χ4n) is 2.09. The van der Waals surface area contributed by atoms with Gasteiger partial charge in [0, 0.05) is 26.3 Å². The molecule has 5 nitrogen and oxygen atoms in total. The summed E-state index contributed by atoms with van der Waals surface area (Å²) in [6.07, 6.45) is 0.713. The number of hydrogen-bond donors (Lipinski definition) is 2. The minimum atomic E-state index is -0.120. The number of amides is 2. The maximum atomic E-state index is 12.0. The molecule has 0 saturated heterocycles. The van der Waals surface area contributed by atoms with Gasteiger partial charge < -0.3 is 15.5 Å². The summed E-state index contributed by atoms with van der Waals surface area (Å²) in [5.74, 6) is -0.292. The summed E-state index contributed by atoms with van der Waals surface area (Å²) < 4.78 is 0. The molecule has 0 spiro atoms. The van der Waals surface area contributed by atoms with Gasteiger partial charge in [-0.1, -0.05) is 18.2 Å². The summed E-state index contributed by atoms with van der Waals surface area (Å²) in [5, 5.41) is 5.94. The topological polar surface area (TPSA) is 61.4 Å². The molecule has 1 atom stereocenters. The Morgan fingerprint density at radius 2 is 2.11 bits per heavy atom. The van der Waals surface area contributed by atoms with Gasteiger partial charge in [0.15, 0.2) is 0 Å². The van der Waals surface area contributed by atoms with Crippen LogP contribution in [-0.2, 0) is 16.0 Å². The Kier molecular flexibility index (Phi) is 4.04. The molecule has 0 aliphatic carbocycles. The molecule has 1 aromatic carbocycles. The van der Waals surface area contributed by atoms with Gasteiger partial charge in [-0.05, 0) is 18.1 Å². The van der Waals surface area contributed by atoms with E-state index in [2.05, 4.69) is 10.6 Å². The molecule has 1 aromatic rings. The van der Waals surface area contributed by atoms with Gasteiger partial charge in [0.2, 0.25) is 11.8 Å². The molecule has 2 N–H and O–H groups in total. The standard InChI is InChI=1S/C14H19N3O2/c1-17(2)13(18)9-16-14(19)11-7-10-5-3-4-6-12(10)15-8-11/h3-6,11,15H,7-9H2,1-2H3,(H,16,19). The Labute approximate surface area is 113 Å². The fraction of sp³-hybridized carbons (Fsp3) is 0.429. The van der Waals surface area contributed by atoms with E-state index in [1.165, 1.54) is 4.90 Å². The second-order valence-corrected chi connectivity index (χ2v) is 4.95. The van der Waals surface area contributed by atoms with Crippen molar-refractivity contribution in [2.45, 2.75) is 6.42 Å². The van der Waals surface area contributed by atoms with Gasteiger partial charge in [-0.2, -0.15) is 0 Å². The number of benzene rings is 1. The van der Waals surface area contributed by atoms with E-state index in [0.29, 0.717) is 13.0 Å². The van der Waals surface area contributed by atoms with Crippen LogP contribution in [-0.4, -0.2) is 43.9 Å². The van der Waals surface area contributed by atoms with Crippen molar-refractivity contribution in [2.24, 2.45) is 5.92 Å². The van der Waals surface area contributed by atoms with Crippen LogP contribution in [0.25, 0.3) is 0 Å². The van der Waals surface area contributed by atoms with Gasteiger partial charge in [-0.15, -0.1) is 0 Å². The van der Waals surface area contributed by atoms with Crippen LogP contribution in [0.15, 0.2) is 24.3 Å². The van der Waals surface area contributed by atoms with E-state index in [4.69, 9.17) is 0 Å². The molecular weight excluding hydrogens is 242 g/mol. The normalized spacial score (nSPS) is 17.1. The molecule has 2 amide bonds. The highest BCUT2D eigenvalue weighted by atomic mass is 16.2. The smallest absolute Gasteiger partial charge is 0.241 e. The van der Waals surface area contributed by atoms with Gasteiger partial charge in [0.25, 0.3) is 0 Å². The molecule has 0 bridgehead atoms. The lowest BCUT2D eigenvalue weighted by atomic mass is 9.93. The van der Waals surface area contributed by atoms with E-state index in [-0.39, 0.29) is 24.3 Å². The maximum absolute atomic E-state index is 12.0. The molecule has 0 saturated carbocycles. The largest absolute Gasteiger partial charge is 0.384 e. The lowest BCUT2D eigenvalue weighted by Gasteiger charge is -2.25. The number of rotatable bonds is 3. The Hall–Kier alpha value is -2.04. The van der Waals surface area contributed by atoms with Crippen LogP contribution in [0.2, 0.25) is 0 Å². The zero-order valence-electron chi connectivity index (χ0n) is 11.3. The third-order valence-electron chi connectivity index (χ3n) is 3.31. The molecular formula is C14H19N3O2. The van der Waals surface area contributed by atoms with Crippen LogP contribution in [0.5, 0.6) is 0 Å². The monoisotopic (exact) mass is 261 g/mol. The Morgan fingerprint density at radius 3 is 2.84 bits per heavy atom. The number of nitrogens with zero attached hydrogens (tertiary/aromatic N) is 1. The summed E-state index contributed by atoms with van der Waals surface area (Å²) in [5.41, 5.74) is 2.24. The first-order valence-electron chi connectivity index (χ1n) is 6.37. The van der Waals surface area contributed by atoms with Crippen molar-refractivity contribution in [3.8, 4) is 0 Å². The predicted molar refractivity (Wildman–Crippen MR) is 73.8 cm³/mol. The van der Waals surface area contributed by atoms with Crippen molar-refractivity contribution in [3.63, 3.8) is 0 Å². The molecule has 5 heteroatoms. The van der Waals surface area contributed by atoms with Crippen LogP contribution >= 0.6 is 0 Å². The van der Waals surface area contributed by atoms with Crippen molar-refractivity contribution < 1.29 is 9.59 Å². The number of hydrogen-bond acceptors (Lipinski definition) is 3. The van der Waals surface area contributed by atoms with E-state index in [1.54, 1.807) is 14.1 Å². The molecule has 19 heavy (non-hydrogen) atoms. The number of carbonyl (C=O) groups excluding carboxylic acids is 2. The second-order valence-electron chi connectivity index (χ2n) is 4.95. The predicted octanol–water partition coefficient (Wildman–Crippen LogP) is 0.475. The van der Waals surface area contributed by atoms with Crippen LogP contribution < -0.4 is 10.6 Å². The van der Waals surface area contributed by atoms with Crippen molar-refractivity contribution in [1.29, 1.82) is 0 Å². The molecule has 102 valence electrons. The summed E-state index contributed by atoms with van der Waals surface area (Å²) in [6, 6.07) is 7.98. The average molecular weight is 261 g/mol. The SMILES string of the molecule is CN(C)C(=O)CNC(=O)C1CNc2ccccc2C1. The molecule has 1 heterocycles. The minimum absolute atomic E-state index is 0.0595. The Morgan fingerprint density at radius 1 is 1.37 bits per heavy atom. The minimum Gasteiger partial charge on any atom is -0.384 e. The highest BCUT2D eigenvalue weighted by Crippen LogP contribution is 2.24. The third-order valence-corrected chi connectivity index (χ3v) is 3.31. The Balaban J connectivity index is 1.90. The first-order valence-corrected chi connectivity index (χ1v) is 6.37. The molecule has 1 aliphatic heterocycles. The maximum Gasteiger partial charge on any atom is 0.241 e. The Bertz CT molecular complexity index is 485. The van der Waals surface area contributed by atoms with Gasteiger partial charge in [0.1, 0.15) is 0 Å². The number of nitrogens with one attached hydrogen (secondary N) is 2. The lowest BCUT2D eigenvalue weighted by Crippen LogP contribution is -2.42. The third kappa shape index (κ3) is 3.24.